The summed E-state index contributed by atoms with van der Waals surface area (Å²) >= 11 is 0. The molecule has 0 bridgehead atoms. The SMILES string of the molecule is NC(=O)c1ccc(COc2cccc(C(F)(F)F)c2)c([N+](=O)[O-])c1. The molecule has 2 rings (SSSR count). The molecule has 2 aromatic rings. The van der Waals surface area contributed by atoms with Gasteiger partial charge in [0.25, 0.3) is 5.69 Å². The summed E-state index contributed by atoms with van der Waals surface area (Å²) in [7, 11) is 0. The maximum Gasteiger partial charge on any atom is 0.416 e. The zero-order chi connectivity index (χ0) is 17.9. The van der Waals surface area contributed by atoms with Gasteiger partial charge in [0, 0.05) is 11.6 Å². The number of nitro benzene ring substituents is 1. The number of alkyl halides is 3. The molecule has 1 amide bonds. The van der Waals surface area contributed by atoms with E-state index < -0.39 is 28.3 Å². The summed E-state index contributed by atoms with van der Waals surface area (Å²) in [5.74, 6) is -0.915. The topological polar surface area (TPSA) is 95.5 Å². The van der Waals surface area contributed by atoms with Gasteiger partial charge in [-0.2, -0.15) is 13.2 Å². The largest absolute Gasteiger partial charge is 0.489 e. The van der Waals surface area contributed by atoms with E-state index in [9.17, 15) is 28.1 Å². The quantitative estimate of drug-likeness (QED) is 0.667. The smallest absolute Gasteiger partial charge is 0.416 e. The Kier molecular flexibility index (Phi) is 4.72. The predicted octanol–water partition coefficient (Wildman–Crippen LogP) is 3.29. The van der Waals surface area contributed by atoms with Crippen molar-refractivity contribution < 1.29 is 27.6 Å². The van der Waals surface area contributed by atoms with Crippen molar-refractivity contribution in [1.29, 1.82) is 0 Å². The molecule has 0 unspecified atom stereocenters. The second-order valence-electron chi connectivity index (χ2n) is 4.78. The van der Waals surface area contributed by atoms with Crippen molar-refractivity contribution in [1.82, 2.24) is 0 Å². The average molecular weight is 340 g/mol. The van der Waals surface area contributed by atoms with Crippen molar-refractivity contribution in [2.45, 2.75) is 12.8 Å². The highest BCUT2D eigenvalue weighted by molar-refractivity contribution is 5.93. The van der Waals surface area contributed by atoms with Gasteiger partial charge in [0.15, 0.2) is 0 Å². The Labute approximate surface area is 133 Å². The van der Waals surface area contributed by atoms with E-state index >= 15 is 0 Å². The fourth-order valence-corrected chi connectivity index (χ4v) is 1.93. The molecule has 0 spiro atoms. The summed E-state index contributed by atoms with van der Waals surface area (Å²) in [6.07, 6.45) is -4.52. The second kappa shape index (κ2) is 6.57. The van der Waals surface area contributed by atoms with Gasteiger partial charge in [-0.15, -0.1) is 0 Å². The lowest BCUT2D eigenvalue weighted by molar-refractivity contribution is -0.385. The fraction of sp³-hybridized carbons (Fsp3) is 0.133. The number of carbonyl (C=O) groups is 1. The molecule has 6 nitrogen and oxygen atoms in total. The van der Waals surface area contributed by atoms with Gasteiger partial charge in [-0.05, 0) is 30.3 Å². The lowest BCUT2D eigenvalue weighted by atomic mass is 10.1. The highest BCUT2D eigenvalue weighted by atomic mass is 19.4. The molecule has 0 atom stereocenters. The van der Waals surface area contributed by atoms with E-state index in [0.717, 1.165) is 18.2 Å². The Balaban J connectivity index is 2.23. The molecule has 0 fully saturated rings. The van der Waals surface area contributed by atoms with Crippen LogP contribution < -0.4 is 10.5 Å². The van der Waals surface area contributed by atoms with Crippen LogP contribution in [0.4, 0.5) is 18.9 Å². The molecular formula is C15H11F3N2O4. The van der Waals surface area contributed by atoms with Crippen LogP contribution in [0.3, 0.4) is 0 Å². The normalized spacial score (nSPS) is 11.1. The number of ether oxygens (including phenoxy) is 1. The Hall–Kier alpha value is -3.10. The Morgan fingerprint density at radius 1 is 1.21 bits per heavy atom. The summed E-state index contributed by atoms with van der Waals surface area (Å²) in [6, 6.07) is 7.70. The Bertz CT molecular complexity index is 791. The van der Waals surface area contributed by atoms with E-state index in [-0.39, 0.29) is 23.5 Å². The van der Waals surface area contributed by atoms with Gasteiger partial charge < -0.3 is 10.5 Å². The van der Waals surface area contributed by atoms with E-state index in [1.807, 2.05) is 0 Å². The van der Waals surface area contributed by atoms with Gasteiger partial charge in [0.05, 0.1) is 16.1 Å². The molecule has 9 heteroatoms. The molecule has 24 heavy (non-hydrogen) atoms. The first kappa shape index (κ1) is 17.3. The number of rotatable bonds is 5. The fourth-order valence-electron chi connectivity index (χ4n) is 1.93. The first-order valence-electron chi connectivity index (χ1n) is 6.55. The highest BCUT2D eigenvalue weighted by Gasteiger charge is 2.30. The number of nitrogens with zero attached hydrogens (tertiary/aromatic N) is 1. The van der Waals surface area contributed by atoms with Crippen molar-refractivity contribution in [3.8, 4) is 5.75 Å². The van der Waals surface area contributed by atoms with Gasteiger partial charge in [0.1, 0.15) is 12.4 Å². The summed E-state index contributed by atoms with van der Waals surface area (Å²) in [4.78, 5) is 21.4. The standard InChI is InChI=1S/C15H11F3N2O4/c16-15(17,18)11-2-1-3-12(7-11)24-8-10-5-4-9(14(19)21)6-13(10)20(22)23/h1-7H,8H2,(H2,19,21). The molecular weight excluding hydrogens is 329 g/mol. The third-order valence-corrected chi connectivity index (χ3v) is 3.12. The Morgan fingerprint density at radius 2 is 1.92 bits per heavy atom. The highest BCUT2D eigenvalue weighted by Crippen LogP contribution is 2.31. The molecule has 0 saturated carbocycles. The van der Waals surface area contributed by atoms with Crippen LogP contribution in [0.1, 0.15) is 21.5 Å². The number of primary amides is 1. The third-order valence-electron chi connectivity index (χ3n) is 3.12. The van der Waals surface area contributed by atoms with E-state index in [1.165, 1.54) is 24.3 Å². The van der Waals surface area contributed by atoms with E-state index in [1.54, 1.807) is 0 Å². The molecule has 126 valence electrons. The third kappa shape index (κ3) is 4.00. The van der Waals surface area contributed by atoms with E-state index in [4.69, 9.17) is 10.5 Å². The zero-order valence-corrected chi connectivity index (χ0v) is 12.0. The van der Waals surface area contributed by atoms with Crippen LogP contribution in [-0.4, -0.2) is 10.8 Å². The number of benzene rings is 2. The first-order valence-corrected chi connectivity index (χ1v) is 6.55. The monoisotopic (exact) mass is 340 g/mol. The molecule has 0 radical (unpaired) electrons. The van der Waals surface area contributed by atoms with Gasteiger partial charge >= 0.3 is 6.18 Å². The van der Waals surface area contributed by atoms with E-state index in [2.05, 4.69) is 0 Å². The lowest BCUT2D eigenvalue weighted by Crippen LogP contribution is -2.12. The van der Waals surface area contributed by atoms with Gasteiger partial charge in [-0.25, -0.2) is 0 Å². The number of amides is 1. The molecule has 0 aliphatic carbocycles. The summed E-state index contributed by atoms with van der Waals surface area (Å²) < 4.78 is 43.1. The van der Waals surface area contributed by atoms with Crippen molar-refractivity contribution in [3.63, 3.8) is 0 Å². The predicted molar refractivity (Wildman–Crippen MR) is 77.4 cm³/mol. The van der Waals surface area contributed by atoms with Crippen LogP contribution in [0, 0.1) is 10.1 Å². The molecule has 0 heterocycles. The van der Waals surface area contributed by atoms with E-state index in [0.29, 0.717) is 0 Å². The van der Waals surface area contributed by atoms with Crippen LogP contribution in [0.5, 0.6) is 5.75 Å². The number of hydrogen-bond acceptors (Lipinski definition) is 4. The number of halogens is 3. The molecule has 0 aliphatic rings. The van der Waals surface area contributed by atoms with Crippen molar-refractivity contribution in [2.75, 3.05) is 0 Å². The summed E-state index contributed by atoms with van der Waals surface area (Å²) in [5.41, 5.74) is 3.81. The minimum atomic E-state index is -4.52. The van der Waals surface area contributed by atoms with Gasteiger partial charge in [0.2, 0.25) is 5.91 Å². The Morgan fingerprint density at radius 3 is 2.50 bits per heavy atom. The minimum Gasteiger partial charge on any atom is -0.489 e. The maximum absolute atomic E-state index is 12.6. The average Bonchev–Trinajstić information content (AvgIpc) is 2.52. The minimum absolute atomic E-state index is 0.0514. The van der Waals surface area contributed by atoms with Crippen molar-refractivity contribution in [2.24, 2.45) is 5.73 Å². The number of carbonyl (C=O) groups excluding carboxylic acids is 1. The van der Waals surface area contributed by atoms with Crippen LogP contribution in [0.2, 0.25) is 0 Å². The van der Waals surface area contributed by atoms with Gasteiger partial charge in [-0.3, -0.25) is 14.9 Å². The van der Waals surface area contributed by atoms with Crippen molar-refractivity contribution in [3.05, 3.63) is 69.3 Å². The molecule has 0 saturated heterocycles. The number of nitrogens with two attached hydrogens (primary N) is 1. The lowest BCUT2D eigenvalue weighted by Gasteiger charge is -2.10. The number of nitro groups is 1. The van der Waals surface area contributed by atoms with Crippen LogP contribution >= 0.6 is 0 Å². The molecule has 2 N–H and O–H groups in total. The van der Waals surface area contributed by atoms with Crippen LogP contribution in [0.25, 0.3) is 0 Å². The summed E-state index contributed by atoms with van der Waals surface area (Å²) in [6.45, 7) is -0.337. The van der Waals surface area contributed by atoms with Crippen LogP contribution in [0.15, 0.2) is 42.5 Å². The first-order chi connectivity index (χ1) is 11.2. The second-order valence-corrected chi connectivity index (χ2v) is 4.78. The van der Waals surface area contributed by atoms with Crippen molar-refractivity contribution >= 4 is 11.6 Å². The molecule has 0 aliphatic heterocycles. The molecule has 2 aromatic carbocycles. The van der Waals surface area contributed by atoms with Crippen LogP contribution in [-0.2, 0) is 12.8 Å². The zero-order valence-electron chi connectivity index (χ0n) is 12.0. The molecule has 0 aromatic heterocycles. The number of hydrogen-bond donors (Lipinski definition) is 1. The van der Waals surface area contributed by atoms with Gasteiger partial charge in [-0.1, -0.05) is 6.07 Å². The maximum atomic E-state index is 12.6. The summed E-state index contributed by atoms with van der Waals surface area (Å²) in [5, 5.41) is 11.0.